The van der Waals surface area contributed by atoms with Crippen molar-refractivity contribution < 1.29 is 27.1 Å². The van der Waals surface area contributed by atoms with Gasteiger partial charge in [0.1, 0.15) is 11.4 Å². The van der Waals surface area contributed by atoms with E-state index in [-0.39, 0.29) is 42.4 Å². The number of hydrogen-bond donors (Lipinski definition) is 1. The van der Waals surface area contributed by atoms with Crippen molar-refractivity contribution in [2.75, 3.05) is 39.8 Å². The third kappa shape index (κ3) is 6.62. The van der Waals surface area contributed by atoms with Gasteiger partial charge in [-0.2, -0.15) is 18.3 Å². The van der Waals surface area contributed by atoms with E-state index in [1.165, 1.54) is 6.20 Å². The molecule has 0 unspecified atom stereocenters. The molecule has 0 spiro atoms. The van der Waals surface area contributed by atoms with Crippen LogP contribution in [0.5, 0.6) is 11.5 Å². The average molecular weight is 663 g/mol. The summed E-state index contributed by atoms with van der Waals surface area (Å²) in [5.41, 5.74) is 3.20. The standard InChI is InChI=1S/C34H34F4N8O2/c1-43-7-9-45(10-8-43)20-30-27(34(36,37)38)11-21(15-39-30)12-31(47)46-6-5-22-3-4-25(13-23(22)19-46)48-32-26-14-29(24-16-41-44(2)18-24)42-33(26)40-17-28(32)35/h3-4,11,13-18H,5-10,12,19-20H2,1-2H3,(H,40,42). The van der Waals surface area contributed by atoms with Crippen molar-refractivity contribution in [1.82, 2.24) is 39.4 Å². The van der Waals surface area contributed by atoms with Gasteiger partial charge in [-0.15, -0.1) is 0 Å². The van der Waals surface area contributed by atoms with Gasteiger partial charge in [0.05, 0.1) is 41.2 Å². The highest BCUT2D eigenvalue weighted by Crippen LogP contribution is 2.36. The van der Waals surface area contributed by atoms with Crippen molar-refractivity contribution in [1.29, 1.82) is 0 Å². The number of carbonyl (C=O) groups is 1. The van der Waals surface area contributed by atoms with Gasteiger partial charge in [0, 0.05) is 70.8 Å². The molecular formula is C34H34F4N8O2. The zero-order valence-corrected chi connectivity index (χ0v) is 26.5. The molecule has 1 fully saturated rings. The molecule has 1 aromatic carbocycles. The minimum Gasteiger partial charge on any atom is -0.453 e. The number of hydrogen-bond acceptors (Lipinski definition) is 7. The monoisotopic (exact) mass is 662 g/mol. The van der Waals surface area contributed by atoms with Crippen LogP contribution in [0.1, 0.15) is 27.9 Å². The highest BCUT2D eigenvalue weighted by molar-refractivity contribution is 5.88. The lowest BCUT2D eigenvalue weighted by molar-refractivity contribution is -0.139. The van der Waals surface area contributed by atoms with E-state index in [4.69, 9.17) is 4.74 Å². The highest BCUT2D eigenvalue weighted by Gasteiger charge is 2.35. The van der Waals surface area contributed by atoms with Crippen LogP contribution in [0.15, 0.2) is 55.1 Å². The van der Waals surface area contributed by atoms with Crippen molar-refractivity contribution in [3.05, 3.63) is 88.9 Å². The number of aromatic nitrogens is 5. The number of H-pyrrole nitrogens is 1. The number of pyridine rings is 2. The smallest absolute Gasteiger partial charge is 0.418 e. The summed E-state index contributed by atoms with van der Waals surface area (Å²) in [6, 6.07) is 8.23. The van der Waals surface area contributed by atoms with E-state index < -0.39 is 17.6 Å². The number of likely N-dealkylation sites (N-methyl/N-ethyl adjacent to an activating group) is 1. The molecule has 4 aromatic heterocycles. The molecule has 14 heteroatoms. The van der Waals surface area contributed by atoms with Crippen LogP contribution >= 0.6 is 0 Å². The number of aryl methyl sites for hydroxylation is 1. The van der Waals surface area contributed by atoms with Gasteiger partial charge in [-0.25, -0.2) is 9.37 Å². The molecule has 7 rings (SSSR count). The van der Waals surface area contributed by atoms with Crippen molar-refractivity contribution in [2.24, 2.45) is 7.05 Å². The maximum atomic E-state index is 15.0. The van der Waals surface area contributed by atoms with Gasteiger partial charge in [0.2, 0.25) is 5.91 Å². The number of amides is 1. The van der Waals surface area contributed by atoms with Crippen LogP contribution in [0.3, 0.4) is 0 Å². The average Bonchev–Trinajstić information content (AvgIpc) is 3.70. The normalized spacial score (nSPS) is 16.0. The van der Waals surface area contributed by atoms with Gasteiger partial charge >= 0.3 is 6.18 Å². The number of carbonyl (C=O) groups excluding carboxylic acids is 1. The molecule has 2 aliphatic heterocycles. The number of aromatic amines is 1. The summed E-state index contributed by atoms with van der Waals surface area (Å²) in [5.74, 6) is -0.534. The first-order valence-electron chi connectivity index (χ1n) is 15.7. The maximum absolute atomic E-state index is 15.0. The Kier molecular flexibility index (Phi) is 8.37. The van der Waals surface area contributed by atoms with Crippen molar-refractivity contribution in [3.63, 3.8) is 0 Å². The fraction of sp³-hybridized carbons (Fsp3) is 0.353. The summed E-state index contributed by atoms with van der Waals surface area (Å²) in [6.07, 6.45) is 1.77. The number of nitrogens with zero attached hydrogens (tertiary/aromatic N) is 7. The first-order chi connectivity index (χ1) is 23.0. The van der Waals surface area contributed by atoms with Gasteiger partial charge in [-0.1, -0.05) is 6.07 Å². The predicted octanol–water partition coefficient (Wildman–Crippen LogP) is 5.18. The zero-order chi connectivity index (χ0) is 33.6. The lowest BCUT2D eigenvalue weighted by Gasteiger charge is -2.32. The Balaban J connectivity index is 1.06. The maximum Gasteiger partial charge on any atom is 0.418 e. The molecule has 0 saturated carbocycles. The zero-order valence-electron chi connectivity index (χ0n) is 26.5. The Bertz CT molecular complexity index is 1980. The second kappa shape index (κ2) is 12.7. The number of piperazine rings is 1. The Morgan fingerprint density at radius 3 is 2.54 bits per heavy atom. The minimum absolute atomic E-state index is 0.0131. The molecule has 250 valence electrons. The van der Waals surface area contributed by atoms with Gasteiger partial charge in [-0.05, 0) is 54.4 Å². The minimum atomic E-state index is -4.59. The molecule has 1 saturated heterocycles. The van der Waals surface area contributed by atoms with E-state index >= 15 is 4.39 Å². The van der Waals surface area contributed by atoms with Gasteiger partial charge < -0.3 is 19.5 Å². The van der Waals surface area contributed by atoms with Crippen LogP contribution in [0, 0.1) is 5.82 Å². The molecule has 0 atom stereocenters. The lowest BCUT2D eigenvalue weighted by Crippen LogP contribution is -2.44. The summed E-state index contributed by atoms with van der Waals surface area (Å²) in [7, 11) is 3.79. The van der Waals surface area contributed by atoms with Crippen LogP contribution < -0.4 is 4.74 Å². The molecule has 1 amide bonds. The van der Waals surface area contributed by atoms with E-state index in [0.29, 0.717) is 48.5 Å². The Hall–Kier alpha value is -4.82. The second-order valence-electron chi connectivity index (χ2n) is 12.5. The van der Waals surface area contributed by atoms with Crippen LogP contribution in [0.4, 0.5) is 17.6 Å². The Morgan fingerprint density at radius 2 is 1.79 bits per heavy atom. The Labute approximate surface area is 273 Å². The van der Waals surface area contributed by atoms with Crippen LogP contribution in [-0.4, -0.2) is 85.1 Å². The van der Waals surface area contributed by atoms with Gasteiger partial charge in [-0.3, -0.25) is 19.4 Å². The molecule has 2 aliphatic rings. The second-order valence-corrected chi connectivity index (χ2v) is 12.5. The van der Waals surface area contributed by atoms with Crippen LogP contribution in [-0.2, 0) is 43.9 Å². The summed E-state index contributed by atoms with van der Waals surface area (Å²) in [6.45, 7) is 3.68. The number of fused-ring (bicyclic) bond motifs is 2. The van der Waals surface area contributed by atoms with Crippen molar-refractivity contribution in [2.45, 2.75) is 32.1 Å². The van der Waals surface area contributed by atoms with Crippen LogP contribution in [0.25, 0.3) is 22.3 Å². The largest absolute Gasteiger partial charge is 0.453 e. The van der Waals surface area contributed by atoms with E-state index in [9.17, 15) is 18.0 Å². The van der Waals surface area contributed by atoms with E-state index in [1.807, 2.05) is 24.2 Å². The van der Waals surface area contributed by atoms with E-state index in [0.717, 1.165) is 42.0 Å². The first kappa shape index (κ1) is 31.8. The molecule has 48 heavy (non-hydrogen) atoms. The fourth-order valence-corrected chi connectivity index (χ4v) is 6.28. The predicted molar refractivity (Wildman–Crippen MR) is 170 cm³/mol. The molecule has 1 N–H and O–H groups in total. The first-order valence-corrected chi connectivity index (χ1v) is 15.7. The fourth-order valence-electron chi connectivity index (χ4n) is 6.28. The Morgan fingerprint density at radius 1 is 0.979 bits per heavy atom. The van der Waals surface area contributed by atoms with E-state index in [2.05, 4.69) is 25.0 Å². The topological polar surface area (TPSA) is 95.4 Å². The summed E-state index contributed by atoms with van der Waals surface area (Å²) in [5, 5.41) is 4.65. The summed E-state index contributed by atoms with van der Waals surface area (Å²) < 4.78 is 65.0. The molecule has 10 nitrogen and oxygen atoms in total. The lowest BCUT2D eigenvalue weighted by atomic mass is 9.98. The highest BCUT2D eigenvalue weighted by atomic mass is 19.4. The van der Waals surface area contributed by atoms with Crippen molar-refractivity contribution >= 4 is 16.9 Å². The quantitative estimate of drug-likeness (QED) is 0.240. The molecule has 5 aromatic rings. The SMILES string of the molecule is CN1CCN(Cc2ncc(CC(=O)N3CCc4ccc(Oc5c(F)cnc6[nH]c(-c7cnn(C)c7)cc56)cc4C3)cc2C(F)(F)F)CC1. The van der Waals surface area contributed by atoms with Crippen molar-refractivity contribution in [3.8, 4) is 22.8 Å². The molecule has 0 bridgehead atoms. The van der Waals surface area contributed by atoms with Gasteiger partial charge in [0.15, 0.2) is 11.6 Å². The number of benzene rings is 1. The molecular weight excluding hydrogens is 628 g/mol. The number of halogens is 4. The van der Waals surface area contributed by atoms with Crippen LogP contribution in [0.2, 0.25) is 0 Å². The number of rotatable bonds is 7. The molecule has 0 radical (unpaired) electrons. The third-order valence-corrected chi connectivity index (χ3v) is 9.00. The summed E-state index contributed by atoms with van der Waals surface area (Å²) in [4.78, 5) is 30.6. The van der Waals surface area contributed by atoms with Gasteiger partial charge in [0.25, 0.3) is 0 Å². The summed E-state index contributed by atoms with van der Waals surface area (Å²) >= 11 is 0. The number of alkyl halides is 3. The molecule has 6 heterocycles. The molecule has 0 aliphatic carbocycles. The number of nitrogens with one attached hydrogen (secondary N) is 1. The third-order valence-electron chi connectivity index (χ3n) is 9.00. The number of ether oxygens (including phenoxy) is 1. The van der Waals surface area contributed by atoms with E-state index in [1.54, 1.807) is 41.0 Å².